The number of hydrogen-bond donors (Lipinski definition) is 3. The van der Waals surface area contributed by atoms with Gasteiger partial charge in [0.25, 0.3) is 0 Å². The Morgan fingerprint density at radius 2 is 2.33 bits per heavy atom. The van der Waals surface area contributed by atoms with Crippen molar-refractivity contribution in [3.05, 3.63) is 0 Å². The number of nitrogens with two attached hydrogens (primary N) is 1. The van der Waals surface area contributed by atoms with Gasteiger partial charge in [-0.3, -0.25) is 10.6 Å². The Hall–Kier alpha value is -0.610. The topological polar surface area (TPSA) is 75.3 Å². The highest BCUT2D eigenvalue weighted by Gasteiger charge is 2.28. The van der Waals surface area contributed by atoms with Crippen molar-refractivity contribution in [1.29, 1.82) is 0 Å². The first-order valence-electron chi connectivity index (χ1n) is 2.78. The van der Waals surface area contributed by atoms with Gasteiger partial charge in [-0.1, -0.05) is 6.92 Å². The highest BCUT2D eigenvalue weighted by Crippen LogP contribution is 2.05. The van der Waals surface area contributed by atoms with E-state index in [1.807, 2.05) is 0 Å². The summed E-state index contributed by atoms with van der Waals surface area (Å²) in [7, 11) is 0. The van der Waals surface area contributed by atoms with Gasteiger partial charge in [-0.2, -0.15) is 0 Å². The van der Waals surface area contributed by atoms with Crippen LogP contribution in [0.25, 0.3) is 0 Å². The molecule has 0 amide bonds. The zero-order chi connectivity index (χ0) is 7.49. The van der Waals surface area contributed by atoms with E-state index in [1.54, 1.807) is 6.92 Å². The molecule has 0 aromatic heterocycles. The molecule has 0 saturated heterocycles. The molecule has 0 radical (unpaired) electrons. The summed E-state index contributed by atoms with van der Waals surface area (Å²) in [6, 6.07) is 0. The maximum Gasteiger partial charge on any atom is 0.324 e. The smallest absolute Gasteiger partial charge is 0.324 e. The third kappa shape index (κ3) is 1.65. The fourth-order valence-electron chi connectivity index (χ4n) is 0.315. The molecular weight excluding hydrogens is 120 g/mol. The first kappa shape index (κ1) is 8.39. The quantitative estimate of drug-likeness (QED) is 0.364. The number of aliphatic carboxylic acids is 1. The number of carboxylic acids is 1. The van der Waals surface area contributed by atoms with Crippen LogP contribution < -0.4 is 11.3 Å². The summed E-state index contributed by atoms with van der Waals surface area (Å²) in [4.78, 5) is 10.3. The Morgan fingerprint density at radius 1 is 1.89 bits per heavy atom. The molecule has 1 atom stereocenters. The van der Waals surface area contributed by atoms with Crippen molar-refractivity contribution in [2.45, 2.75) is 25.8 Å². The summed E-state index contributed by atoms with van der Waals surface area (Å²) < 4.78 is 0. The monoisotopic (exact) mass is 132 g/mol. The van der Waals surface area contributed by atoms with Gasteiger partial charge in [-0.05, 0) is 13.3 Å². The molecule has 0 aromatic rings. The van der Waals surface area contributed by atoms with Crippen LogP contribution >= 0.6 is 0 Å². The maximum atomic E-state index is 10.3. The van der Waals surface area contributed by atoms with Gasteiger partial charge in [0.2, 0.25) is 0 Å². The van der Waals surface area contributed by atoms with Gasteiger partial charge < -0.3 is 5.11 Å². The van der Waals surface area contributed by atoms with Crippen LogP contribution in [0.3, 0.4) is 0 Å². The number of carboxylic acid groups (broad SMARTS) is 1. The van der Waals surface area contributed by atoms with Crippen molar-refractivity contribution in [3.63, 3.8) is 0 Å². The molecule has 0 aliphatic rings. The number of hydrazine groups is 1. The van der Waals surface area contributed by atoms with Crippen LogP contribution in [-0.2, 0) is 4.79 Å². The predicted octanol–water partition coefficient (Wildman–Crippen LogP) is -0.297. The van der Waals surface area contributed by atoms with Crippen LogP contribution in [0.15, 0.2) is 0 Å². The van der Waals surface area contributed by atoms with Gasteiger partial charge in [0.1, 0.15) is 5.54 Å². The second kappa shape index (κ2) is 2.80. The van der Waals surface area contributed by atoms with Crippen molar-refractivity contribution < 1.29 is 9.90 Å². The molecule has 0 saturated carbocycles. The molecule has 0 aliphatic heterocycles. The van der Waals surface area contributed by atoms with Crippen molar-refractivity contribution in [2.75, 3.05) is 0 Å². The normalized spacial score (nSPS) is 16.8. The van der Waals surface area contributed by atoms with Gasteiger partial charge in [0.15, 0.2) is 0 Å². The molecule has 1 unspecified atom stereocenters. The Morgan fingerprint density at radius 3 is 2.33 bits per heavy atom. The molecule has 54 valence electrons. The summed E-state index contributed by atoms with van der Waals surface area (Å²) in [5.74, 6) is 4.06. The molecule has 0 heterocycles. The lowest BCUT2D eigenvalue weighted by Crippen LogP contribution is -2.52. The van der Waals surface area contributed by atoms with Crippen LogP contribution in [0.2, 0.25) is 0 Å². The van der Waals surface area contributed by atoms with Crippen molar-refractivity contribution >= 4 is 5.97 Å². The first-order chi connectivity index (χ1) is 4.06. The first-order valence-corrected chi connectivity index (χ1v) is 2.78. The molecule has 0 fully saturated rings. The Balaban J connectivity index is 4.09. The molecule has 0 spiro atoms. The van der Waals surface area contributed by atoms with Crippen molar-refractivity contribution in [2.24, 2.45) is 5.84 Å². The van der Waals surface area contributed by atoms with E-state index in [1.165, 1.54) is 6.92 Å². The maximum absolute atomic E-state index is 10.3. The van der Waals surface area contributed by atoms with Gasteiger partial charge >= 0.3 is 5.97 Å². The van der Waals surface area contributed by atoms with Crippen LogP contribution in [0.5, 0.6) is 0 Å². The zero-order valence-electron chi connectivity index (χ0n) is 5.64. The summed E-state index contributed by atoms with van der Waals surface area (Å²) >= 11 is 0. The lowest BCUT2D eigenvalue weighted by atomic mass is 10.0. The molecule has 0 aliphatic carbocycles. The SMILES string of the molecule is CCC(C)(NN)C(=O)O. The largest absolute Gasteiger partial charge is 0.480 e. The van der Waals surface area contributed by atoms with Gasteiger partial charge in [-0.25, -0.2) is 5.43 Å². The molecular formula is C5H12N2O2. The van der Waals surface area contributed by atoms with E-state index in [-0.39, 0.29) is 0 Å². The van der Waals surface area contributed by atoms with E-state index >= 15 is 0 Å². The molecule has 4 heteroatoms. The van der Waals surface area contributed by atoms with Crippen LogP contribution in [0, 0.1) is 0 Å². The second-order valence-corrected chi connectivity index (χ2v) is 2.14. The van der Waals surface area contributed by atoms with Crippen molar-refractivity contribution in [1.82, 2.24) is 5.43 Å². The standard InChI is InChI=1S/C5H12N2O2/c1-3-5(2,7-6)4(8)9/h7H,3,6H2,1-2H3,(H,8,9). The minimum atomic E-state index is -0.972. The lowest BCUT2D eigenvalue weighted by molar-refractivity contribution is -0.144. The summed E-state index contributed by atoms with van der Waals surface area (Å²) in [5.41, 5.74) is 1.26. The molecule has 0 aromatic carbocycles. The predicted molar refractivity (Wildman–Crippen MR) is 33.7 cm³/mol. The highest BCUT2D eigenvalue weighted by molar-refractivity contribution is 5.77. The zero-order valence-corrected chi connectivity index (χ0v) is 5.64. The van der Waals surface area contributed by atoms with E-state index in [4.69, 9.17) is 10.9 Å². The lowest BCUT2D eigenvalue weighted by Gasteiger charge is -2.20. The Kier molecular flexibility index (Phi) is 2.61. The number of rotatable bonds is 3. The fourth-order valence-corrected chi connectivity index (χ4v) is 0.315. The average molecular weight is 132 g/mol. The third-order valence-electron chi connectivity index (χ3n) is 1.50. The molecule has 0 bridgehead atoms. The summed E-state index contributed by atoms with van der Waals surface area (Å²) in [6.45, 7) is 3.29. The van der Waals surface area contributed by atoms with Gasteiger partial charge in [0, 0.05) is 0 Å². The minimum absolute atomic E-state index is 0.471. The number of carbonyl (C=O) groups is 1. The molecule has 9 heavy (non-hydrogen) atoms. The van der Waals surface area contributed by atoms with E-state index in [2.05, 4.69) is 5.43 Å². The van der Waals surface area contributed by atoms with E-state index in [0.29, 0.717) is 6.42 Å². The van der Waals surface area contributed by atoms with Gasteiger partial charge in [-0.15, -0.1) is 0 Å². The Labute approximate surface area is 54.0 Å². The highest BCUT2D eigenvalue weighted by atomic mass is 16.4. The number of nitrogens with one attached hydrogen (secondary N) is 1. The second-order valence-electron chi connectivity index (χ2n) is 2.14. The van der Waals surface area contributed by atoms with E-state index < -0.39 is 11.5 Å². The molecule has 4 N–H and O–H groups in total. The fraction of sp³-hybridized carbons (Fsp3) is 0.800. The van der Waals surface area contributed by atoms with Gasteiger partial charge in [0.05, 0.1) is 0 Å². The van der Waals surface area contributed by atoms with E-state index in [0.717, 1.165) is 0 Å². The summed E-state index contributed by atoms with van der Waals surface area (Å²) in [6.07, 6.45) is 0.471. The Bertz CT molecular complexity index is 110. The number of hydrogen-bond acceptors (Lipinski definition) is 3. The molecule has 0 rings (SSSR count). The van der Waals surface area contributed by atoms with Crippen LogP contribution in [0.4, 0.5) is 0 Å². The van der Waals surface area contributed by atoms with E-state index in [9.17, 15) is 4.79 Å². The van der Waals surface area contributed by atoms with Crippen LogP contribution in [0.1, 0.15) is 20.3 Å². The summed E-state index contributed by atoms with van der Waals surface area (Å²) in [5, 5.41) is 8.49. The average Bonchev–Trinajstić information content (AvgIpc) is 1.86. The van der Waals surface area contributed by atoms with Crippen molar-refractivity contribution in [3.8, 4) is 0 Å². The third-order valence-corrected chi connectivity index (χ3v) is 1.50. The minimum Gasteiger partial charge on any atom is -0.480 e. The molecule has 4 nitrogen and oxygen atoms in total. The van der Waals surface area contributed by atoms with Crippen LogP contribution in [-0.4, -0.2) is 16.6 Å².